The highest BCUT2D eigenvalue weighted by molar-refractivity contribution is 5.95. The lowest BCUT2D eigenvalue weighted by Crippen LogP contribution is -2.42. The summed E-state index contributed by atoms with van der Waals surface area (Å²) < 4.78 is 18.6. The smallest absolute Gasteiger partial charge is 0.318 e. The second kappa shape index (κ2) is 6.69. The largest absolute Gasteiger partial charge is 0.481 e. The van der Waals surface area contributed by atoms with E-state index in [-0.39, 0.29) is 5.75 Å². The first-order chi connectivity index (χ1) is 8.92. The van der Waals surface area contributed by atoms with Gasteiger partial charge in [0.25, 0.3) is 5.91 Å². The highest BCUT2D eigenvalue weighted by Crippen LogP contribution is 2.17. The third-order valence-electron chi connectivity index (χ3n) is 2.24. The fourth-order valence-electron chi connectivity index (χ4n) is 1.48. The molecule has 0 saturated carbocycles. The fraction of sp³-hybridized carbons (Fsp3) is 0.333. The van der Waals surface area contributed by atoms with Gasteiger partial charge in [-0.25, -0.2) is 9.18 Å². The molecule has 104 valence electrons. The highest BCUT2D eigenvalue weighted by Gasteiger charge is 2.16. The molecule has 1 atom stereocenters. The second-order valence-electron chi connectivity index (χ2n) is 3.94. The van der Waals surface area contributed by atoms with E-state index in [1.807, 2.05) is 5.32 Å². The normalized spacial score (nSPS) is 11.7. The van der Waals surface area contributed by atoms with Gasteiger partial charge in [-0.1, -0.05) is 0 Å². The molecule has 1 rings (SSSR count). The van der Waals surface area contributed by atoms with Crippen LogP contribution < -0.4 is 21.1 Å². The number of ether oxygens (including phenoxy) is 1. The zero-order valence-electron chi connectivity index (χ0n) is 10.7. The van der Waals surface area contributed by atoms with Crippen molar-refractivity contribution in [2.75, 3.05) is 7.05 Å². The van der Waals surface area contributed by atoms with Gasteiger partial charge >= 0.3 is 6.03 Å². The van der Waals surface area contributed by atoms with Gasteiger partial charge in [0.2, 0.25) is 0 Å². The summed E-state index contributed by atoms with van der Waals surface area (Å²) in [5.41, 5.74) is 5.50. The fourth-order valence-corrected chi connectivity index (χ4v) is 1.48. The van der Waals surface area contributed by atoms with E-state index in [0.29, 0.717) is 12.1 Å². The number of benzene rings is 1. The summed E-state index contributed by atoms with van der Waals surface area (Å²) in [6.45, 7) is 1.90. The van der Waals surface area contributed by atoms with Gasteiger partial charge in [-0.15, -0.1) is 0 Å². The first kappa shape index (κ1) is 14.9. The maximum atomic E-state index is 13.3. The lowest BCUT2D eigenvalue weighted by Gasteiger charge is -2.14. The summed E-state index contributed by atoms with van der Waals surface area (Å²) >= 11 is 0. The van der Waals surface area contributed by atoms with Crippen molar-refractivity contribution in [3.63, 3.8) is 0 Å². The van der Waals surface area contributed by atoms with Gasteiger partial charge in [0, 0.05) is 12.6 Å². The molecule has 1 aromatic rings. The number of rotatable bonds is 5. The molecule has 6 nitrogen and oxygen atoms in total. The van der Waals surface area contributed by atoms with E-state index >= 15 is 0 Å². The van der Waals surface area contributed by atoms with Crippen LogP contribution in [0, 0.1) is 5.82 Å². The number of amides is 3. The number of hydrogen-bond acceptors (Lipinski definition) is 4. The number of nitrogens with one attached hydrogen (secondary N) is 2. The molecule has 1 unspecified atom stereocenters. The Hall–Kier alpha value is -2.15. The molecule has 4 N–H and O–H groups in total. The van der Waals surface area contributed by atoms with E-state index in [1.165, 1.54) is 13.0 Å². The van der Waals surface area contributed by atoms with Crippen molar-refractivity contribution in [2.24, 2.45) is 5.73 Å². The van der Waals surface area contributed by atoms with Crippen LogP contribution in [0.3, 0.4) is 0 Å². The first-order valence-electron chi connectivity index (χ1n) is 5.63. The Kier molecular flexibility index (Phi) is 5.25. The van der Waals surface area contributed by atoms with Crippen LogP contribution >= 0.6 is 0 Å². The molecular weight excluding hydrogens is 253 g/mol. The third-order valence-corrected chi connectivity index (χ3v) is 2.24. The number of primary amides is 1. The van der Waals surface area contributed by atoms with Gasteiger partial charge in [-0.05, 0) is 31.7 Å². The average molecular weight is 269 g/mol. The molecule has 19 heavy (non-hydrogen) atoms. The van der Waals surface area contributed by atoms with Crippen LogP contribution in [0.1, 0.15) is 12.5 Å². The molecule has 0 fully saturated rings. The van der Waals surface area contributed by atoms with Crippen molar-refractivity contribution in [1.82, 2.24) is 10.6 Å². The van der Waals surface area contributed by atoms with Crippen LogP contribution in [-0.2, 0) is 11.3 Å². The molecule has 0 heterocycles. The van der Waals surface area contributed by atoms with Crippen LogP contribution in [0.2, 0.25) is 0 Å². The number of imide groups is 1. The van der Waals surface area contributed by atoms with Crippen LogP contribution in [0.25, 0.3) is 0 Å². The van der Waals surface area contributed by atoms with E-state index in [9.17, 15) is 14.0 Å². The van der Waals surface area contributed by atoms with Gasteiger partial charge in [0.15, 0.2) is 6.10 Å². The second-order valence-corrected chi connectivity index (χ2v) is 3.94. The van der Waals surface area contributed by atoms with Crippen LogP contribution in [0.5, 0.6) is 5.75 Å². The minimum atomic E-state index is -0.962. The maximum Gasteiger partial charge on any atom is 0.318 e. The Morgan fingerprint density at radius 3 is 2.68 bits per heavy atom. The lowest BCUT2D eigenvalue weighted by atomic mass is 10.2. The molecule has 1 aromatic carbocycles. The van der Waals surface area contributed by atoms with Crippen molar-refractivity contribution < 1.29 is 18.7 Å². The Morgan fingerprint density at radius 2 is 2.11 bits per heavy atom. The summed E-state index contributed by atoms with van der Waals surface area (Å²) in [6, 6.07) is 3.16. The Balaban J connectivity index is 2.75. The average Bonchev–Trinajstić information content (AvgIpc) is 2.27. The molecule has 7 heteroatoms. The van der Waals surface area contributed by atoms with Gasteiger partial charge in [0.05, 0.1) is 0 Å². The first-order valence-corrected chi connectivity index (χ1v) is 5.63. The third kappa shape index (κ3) is 4.92. The molecule has 0 radical (unpaired) electrons. The summed E-state index contributed by atoms with van der Waals surface area (Å²) in [5, 5.41) is 4.76. The number of hydrogen-bond donors (Lipinski definition) is 3. The molecule has 0 aliphatic carbocycles. The van der Waals surface area contributed by atoms with Crippen molar-refractivity contribution in [2.45, 2.75) is 19.6 Å². The summed E-state index contributed by atoms with van der Waals surface area (Å²) in [5.74, 6) is -0.949. The lowest BCUT2D eigenvalue weighted by molar-refractivity contribution is -0.126. The predicted molar refractivity (Wildman–Crippen MR) is 67.0 cm³/mol. The van der Waals surface area contributed by atoms with E-state index < -0.39 is 23.9 Å². The number of carbonyl (C=O) groups is 2. The van der Waals surface area contributed by atoms with Gasteiger partial charge in [-0.2, -0.15) is 0 Å². The van der Waals surface area contributed by atoms with Gasteiger partial charge in [-0.3, -0.25) is 10.1 Å². The predicted octanol–water partition coefficient (Wildman–Crippen LogP) is 0.507. The Labute approximate surface area is 110 Å². The Bertz CT molecular complexity index is 479. The Morgan fingerprint density at radius 1 is 1.42 bits per heavy atom. The van der Waals surface area contributed by atoms with Crippen molar-refractivity contribution in [1.29, 1.82) is 0 Å². The summed E-state index contributed by atoms with van der Waals surface area (Å²) in [4.78, 5) is 21.9. The van der Waals surface area contributed by atoms with E-state index in [1.54, 1.807) is 13.1 Å². The van der Waals surface area contributed by atoms with Crippen LogP contribution in [-0.4, -0.2) is 25.1 Å². The number of urea groups is 1. The van der Waals surface area contributed by atoms with Crippen molar-refractivity contribution in [3.8, 4) is 5.75 Å². The van der Waals surface area contributed by atoms with E-state index in [4.69, 9.17) is 10.5 Å². The zero-order valence-corrected chi connectivity index (χ0v) is 10.7. The van der Waals surface area contributed by atoms with Crippen molar-refractivity contribution >= 4 is 11.9 Å². The monoisotopic (exact) mass is 269 g/mol. The SMILES string of the molecule is CNCc1cc(F)cc(OC(C)C(=O)NC(N)=O)c1. The topological polar surface area (TPSA) is 93.4 Å². The molecule has 0 aliphatic rings. The van der Waals surface area contributed by atoms with Gasteiger partial charge in [0.1, 0.15) is 11.6 Å². The molecule has 0 saturated heterocycles. The number of halogens is 1. The highest BCUT2D eigenvalue weighted by atomic mass is 19.1. The molecule has 0 bridgehead atoms. The molecule has 0 aromatic heterocycles. The van der Waals surface area contributed by atoms with Crippen LogP contribution in [0.4, 0.5) is 9.18 Å². The molecular formula is C12H16FN3O3. The minimum absolute atomic E-state index is 0.206. The standard InChI is InChI=1S/C12H16FN3O3/c1-7(11(17)16-12(14)18)19-10-4-8(6-15-2)3-9(13)5-10/h3-5,7,15H,6H2,1-2H3,(H3,14,16,17,18). The van der Waals surface area contributed by atoms with Crippen LogP contribution in [0.15, 0.2) is 18.2 Å². The molecule has 0 aliphatic heterocycles. The summed E-state index contributed by atoms with van der Waals surface area (Å²) in [6.07, 6.45) is -0.961. The summed E-state index contributed by atoms with van der Waals surface area (Å²) in [7, 11) is 1.73. The maximum absolute atomic E-state index is 13.3. The molecule has 3 amide bonds. The quantitative estimate of drug-likeness (QED) is 0.726. The minimum Gasteiger partial charge on any atom is -0.481 e. The van der Waals surface area contributed by atoms with E-state index in [0.717, 1.165) is 6.07 Å². The number of nitrogens with two attached hydrogens (primary N) is 1. The van der Waals surface area contributed by atoms with E-state index in [2.05, 4.69) is 5.32 Å². The van der Waals surface area contributed by atoms with Crippen molar-refractivity contribution in [3.05, 3.63) is 29.6 Å². The molecule has 0 spiro atoms. The number of carbonyl (C=O) groups excluding carboxylic acids is 2. The van der Waals surface area contributed by atoms with Gasteiger partial charge < -0.3 is 15.8 Å². The zero-order chi connectivity index (χ0) is 14.4.